The average Bonchev–Trinajstić information content (AvgIpc) is 2.81. The van der Waals surface area contributed by atoms with Crippen LogP contribution in [0.5, 0.6) is 0 Å². The molecular weight excluding hydrogens is 144 g/mol. The maximum atomic E-state index is 2.30. The zero-order valence-electron chi connectivity index (χ0n) is 8.65. The fourth-order valence-corrected chi connectivity index (χ4v) is 2.30. The van der Waals surface area contributed by atoms with Crippen molar-refractivity contribution in [1.82, 2.24) is 0 Å². The molecule has 2 fully saturated rings. The van der Waals surface area contributed by atoms with Gasteiger partial charge in [-0.25, -0.2) is 0 Å². The first kappa shape index (κ1) is 10.1. The van der Waals surface area contributed by atoms with E-state index in [1.165, 1.54) is 64.2 Å². The van der Waals surface area contributed by atoms with Crippen LogP contribution in [0.15, 0.2) is 0 Å². The van der Waals surface area contributed by atoms with Crippen molar-refractivity contribution < 1.29 is 0 Å². The van der Waals surface area contributed by atoms with Crippen LogP contribution in [0.1, 0.15) is 71.1 Å². The van der Waals surface area contributed by atoms with E-state index >= 15 is 0 Å². The van der Waals surface area contributed by atoms with Crippen LogP contribution in [0, 0.1) is 5.92 Å². The van der Waals surface area contributed by atoms with Crippen molar-refractivity contribution in [1.29, 1.82) is 0 Å². The van der Waals surface area contributed by atoms with Crippen molar-refractivity contribution in [2.24, 2.45) is 5.92 Å². The largest absolute Gasteiger partial charge is 0.0651 e. The molecule has 0 aliphatic heterocycles. The zero-order chi connectivity index (χ0) is 8.65. The van der Waals surface area contributed by atoms with Gasteiger partial charge in [-0.05, 0) is 5.92 Å². The molecule has 2 aliphatic rings. The predicted octanol–water partition coefficient (Wildman–Crippen LogP) is 4.54. The van der Waals surface area contributed by atoms with Crippen LogP contribution in [-0.2, 0) is 0 Å². The Balaban J connectivity index is 0.000000127. The summed E-state index contributed by atoms with van der Waals surface area (Å²) < 4.78 is 0. The highest BCUT2D eigenvalue weighted by atomic mass is 14.2. The molecule has 0 amide bonds. The molecule has 0 heteroatoms. The molecule has 0 N–H and O–H groups in total. The van der Waals surface area contributed by atoms with Gasteiger partial charge < -0.3 is 0 Å². The van der Waals surface area contributed by atoms with E-state index in [1.54, 1.807) is 0 Å². The monoisotopic (exact) mass is 168 g/mol. The minimum Gasteiger partial charge on any atom is -0.0651 e. The van der Waals surface area contributed by atoms with Gasteiger partial charge in [0.2, 0.25) is 0 Å². The number of hydrogen-bond acceptors (Lipinski definition) is 0. The Labute approximate surface area is 77.7 Å². The van der Waals surface area contributed by atoms with E-state index < -0.39 is 0 Å². The molecular formula is C12H24. The maximum Gasteiger partial charge on any atom is -0.0417 e. The summed E-state index contributed by atoms with van der Waals surface area (Å²) in [6.07, 6.45) is 14.9. The lowest BCUT2D eigenvalue weighted by Crippen LogP contribution is -1.86. The second kappa shape index (κ2) is 6.51. The molecule has 12 heavy (non-hydrogen) atoms. The quantitative estimate of drug-likeness (QED) is 0.539. The molecule has 0 saturated heterocycles. The molecule has 2 aliphatic carbocycles. The molecule has 0 aromatic heterocycles. The lowest BCUT2D eigenvalue weighted by atomic mass is 10.1. The molecule has 2 rings (SSSR count). The van der Waals surface area contributed by atoms with Crippen molar-refractivity contribution in [2.75, 3.05) is 0 Å². The molecule has 72 valence electrons. The van der Waals surface area contributed by atoms with Gasteiger partial charge in [0, 0.05) is 0 Å². The molecule has 0 bridgehead atoms. The third-order valence-corrected chi connectivity index (χ3v) is 3.30. The Bertz CT molecular complexity index is 78.6. The molecule has 0 spiro atoms. The molecule has 2 saturated carbocycles. The van der Waals surface area contributed by atoms with Crippen molar-refractivity contribution in [3.63, 3.8) is 0 Å². The van der Waals surface area contributed by atoms with Gasteiger partial charge in [-0.1, -0.05) is 71.1 Å². The van der Waals surface area contributed by atoms with E-state index in [0.717, 1.165) is 5.92 Å². The molecule has 0 aromatic carbocycles. The summed E-state index contributed by atoms with van der Waals surface area (Å²) in [4.78, 5) is 0. The van der Waals surface area contributed by atoms with Crippen molar-refractivity contribution in [2.45, 2.75) is 71.1 Å². The van der Waals surface area contributed by atoms with Crippen LogP contribution in [0.25, 0.3) is 0 Å². The number of hydrogen-bond donors (Lipinski definition) is 0. The first-order chi connectivity index (χ1) is 5.93. The summed E-state index contributed by atoms with van der Waals surface area (Å²) in [7, 11) is 0. The van der Waals surface area contributed by atoms with Gasteiger partial charge in [-0.15, -0.1) is 0 Å². The van der Waals surface area contributed by atoms with Gasteiger partial charge in [0.25, 0.3) is 0 Å². The first-order valence-corrected chi connectivity index (χ1v) is 5.93. The van der Waals surface area contributed by atoms with Crippen molar-refractivity contribution >= 4 is 0 Å². The topological polar surface area (TPSA) is 0 Å². The van der Waals surface area contributed by atoms with Gasteiger partial charge in [-0.2, -0.15) is 0 Å². The molecule has 0 nitrogen and oxygen atoms in total. The lowest BCUT2D eigenvalue weighted by Gasteiger charge is -1.99. The number of rotatable bonds is 1. The lowest BCUT2D eigenvalue weighted by molar-refractivity contribution is 0.531. The van der Waals surface area contributed by atoms with Crippen LogP contribution in [-0.4, -0.2) is 0 Å². The van der Waals surface area contributed by atoms with Gasteiger partial charge >= 0.3 is 0 Å². The summed E-state index contributed by atoms with van der Waals surface area (Å²) >= 11 is 0. The summed E-state index contributed by atoms with van der Waals surface area (Å²) in [5.74, 6) is 1.10. The van der Waals surface area contributed by atoms with E-state index in [2.05, 4.69) is 6.92 Å². The van der Waals surface area contributed by atoms with Crippen molar-refractivity contribution in [3.05, 3.63) is 0 Å². The van der Waals surface area contributed by atoms with Crippen molar-refractivity contribution in [3.8, 4) is 0 Å². The fraction of sp³-hybridized carbons (Fsp3) is 1.00. The predicted molar refractivity (Wildman–Crippen MR) is 55.3 cm³/mol. The molecule has 0 atom stereocenters. The smallest absolute Gasteiger partial charge is 0.0417 e. The minimum absolute atomic E-state index is 1.10. The van der Waals surface area contributed by atoms with Gasteiger partial charge in [0.05, 0.1) is 0 Å². The first-order valence-electron chi connectivity index (χ1n) is 5.93. The SMILES string of the molecule is C1CCCC1.CCC1CCCC1. The Morgan fingerprint density at radius 1 is 0.750 bits per heavy atom. The van der Waals surface area contributed by atoms with Crippen LogP contribution < -0.4 is 0 Å². The summed E-state index contributed by atoms with van der Waals surface area (Å²) in [5.41, 5.74) is 0. The Morgan fingerprint density at radius 2 is 1.17 bits per heavy atom. The van der Waals surface area contributed by atoms with Gasteiger partial charge in [-0.3, -0.25) is 0 Å². The highest BCUT2D eigenvalue weighted by molar-refractivity contribution is 4.64. The zero-order valence-corrected chi connectivity index (χ0v) is 8.65. The Hall–Kier alpha value is 0. The normalized spacial score (nSPS) is 23.8. The van der Waals surface area contributed by atoms with Crippen LogP contribution in [0.4, 0.5) is 0 Å². The van der Waals surface area contributed by atoms with Gasteiger partial charge in [0.1, 0.15) is 0 Å². The van der Waals surface area contributed by atoms with E-state index in [-0.39, 0.29) is 0 Å². The molecule has 0 aromatic rings. The minimum atomic E-state index is 1.10. The summed E-state index contributed by atoms with van der Waals surface area (Å²) in [5, 5.41) is 0. The second-order valence-corrected chi connectivity index (χ2v) is 4.33. The highest BCUT2D eigenvalue weighted by Gasteiger charge is 2.11. The highest BCUT2D eigenvalue weighted by Crippen LogP contribution is 2.26. The van der Waals surface area contributed by atoms with Crippen LogP contribution in [0.3, 0.4) is 0 Å². The van der Waals surface area contributed by atoms with E-state index in [9.17, 15) is 0 Å². The van der Waals surface area contributed by atoms with Crippen LogP contribution >= 0.6 is 0 Å². The van der Waals surface area contributed by atoms with Gasteiger partial charge in [0.15, 0.2) is 0 Å². The maximum absolute atomic E-state index is 2.30. The second-order valence-electron chi connectivity index (χ2n) is 4.33. The van der Waals surface area contributed by atoms with E-state index in [1.807, 2.05) is 0 Å². The molecule has 0 radical (unpaired) electrons. The standard InChI is InChI=1S/C7H14.C5H10/c1-2-7-5-3-4-6-7;1-2-4-5-3-1/h7H,2-6H2,1H3;1-5H2. The molecule has 0 heterocycles. The molecule has 0 unspecified atom stereocenters. The van der Waals surface area contributed by atoms with Crippen LogP contribution in [0.2, 0.25) is 0 Å². The Kier molecular flexibility index (Phi) is 5.47. The summed E-state index contributed by atoms with van der Waals surface area (Å²) in [6.45, 7) is 2.30. The Morgan fingerprint density at radius 3 is 1.42 bits per heavy atom. The van der Waals surface area contributed by atoms with E-state index in [4.69, 9.17) is 0 Å². The average molecular weight is 168 g/mol. The third kappa shape index (κ3) is 4.13. The fourth-order valence-electron chi connectivity index (χ4n) is 2.30. The third-order valence-electron chi connectivity index (χ3n) is 3.30. The van der Waals surface area contributed by atoms with E-state index in [0.29, 0.717) is 0 Å². The summed E-state index contributed by atoms with van der Waals surface area (Å²) in [6, 6.07) is 0.